The van der Waals surface area contributed by atoms with Gasteiger partial charge in [-0.1, -0.05) is 37.3 Å². The third-order valence-electron chi connectivity index (χ3n) is 4.05. The van der Waals surface area contributed by atoms with Crippen LogP contribution in [0.2, 0.25) is 0 Å². The number of hydrogen-bond donors (Lipinski definition) is 2. The van der Waals surface area contributed by atoms with Crippen LogP contribution in [-0.4, -0.2) is 33.5 Å². The number of carbonyl (C=O) groups excluding carboxylic acids is 1. The number of hydrogen-bond acceptors (Lipinski definition) is 4. The van der Waals surface area contributed by atoms with E-state index in [-0.39, 0.29) is 23.5 Å². The quantitative estimate of drug-likeness (QED) is 0.653. The highest BCUT2D eigenvalue weighted by molar-refractivity contribution is 7.89. The van der Waals surface area contributed by atoms with Gasteiger partial charge in [0.2, 0.25) is 10.0 Å². The van der Waals surface area contributed by atoms with Crippen molar-refractivity contribution in [3.63, 3.8) is 0 Å². The zero-order chi connectivity index (χ0) is 19.7. The molecule has 0 saturated heterocycles. The van der Waals surface area contributed by atoms with Gasteiger partial charge in [-0.15, -0.1) is 0 Å². The molecule has 2 rings (SSSR count). The number of rotatable bonds is 10. The predicted octanol–water partition coefficient (Wildman–Crippen LogP) is 2.50. The molecule has 27 heavy (non-hydrogen) atoms. The first kappa shape index (κ1) is 20.9. The number of benzene rings is 2. The molecular weight excluding hydrogens is 364 g/mol. The number of ether oxygens (including phenoxy) is 1. The van der Waals surface area contributed by atoms with Crippen LogP contribution in [0.3, 0.4) is 0 Å². The summed E-state index contributed by atoms with van der Waals surface area (Å²) in [5.41, 5.74) is 1.15. The topological polar surface area (TPSA) is 84.5 Å². The van der Waals surface area contributed by atoms with Gasteiger partial charge in [0, 0.05) is 12.6 Å². The van der Waals surface area contributed by atoms with E-state index in [1.165, 1.54) is 12.1 Å². The van der Waals surface area contributed by atoms with Crippen LogP contribution in [-0.2, 0) is 21.2 Å². The summed E-state index contributed by atoms with van der Waals surface area (Å²) in [7, 11) is -3.54. The van der Waals surface area contributed by atoms with Crippen molar-refractivity contribution in [2.75, 3.05) is 13.2 Å². The zero-order valence-corrected chi connectivity index (χ0v) is 16.5. The number of amides is 1. The largest absolute Gasteiger partial charge is 0.484 e. The Balaban J connectivity index is 1.78. The molecule has 1 amide bonds. The summed E-state index contributed by atoms with van der Waals surface area (Å²) in [4.78, 5) is 12.0. The van der Waals surface area contributed by atoms with Crippen molar-refractivity contribution in [3.8, 4) is 5.75 Å². The van der Waals surface area contributed by atoms with Gasteiger partial charge in [-0.3, -0.25) is 4.79 Å². The summed E-state index contributed by atoms with van der Waals surface area (Å²) in [6, 6.07) is 15.8. The normalized spacial score (nSPS) is 12.4. The van der Waals surface area contributed by atoms with E-state index in [1.54, 1.807) is 12.1 Å². The number of carbonyl (C=O) groups is 1. The first-order valence-electron chi connectivity index (χ1n) is 8.96. The molecule has 1 atom stereocenters. The van der Waals surface area contributed by atoms with Gasteiger partial charge in [0.15, 0.2) is 6.61 Å². The lowest BCUT2D eigenvalue weighted by Gasteiger charge is -2.12. The van der Waals surface area contributed by atoms with Gasteiger partial charge in [-0.25, -0.2) is 13.1 Å². The molecule has 0 heterocycles. The molecule has 1 unspecified atom stereocenters. The Kier molecular flexibility index (Phi) is 7.82. The smallest absolute Gasteiger partial charge is 0.257 e. The molecule has 0 fully saturated rings. The highest BCUT2D eigenvalue weighted by Gasteiger charge is 2.16. The van der Waals surface area contributed by atoms with Crippen LogP contribution in [0.5, 0.6) is 5.75 Å². The lowest BCUT2D eigenvalue weighted by atomic mass is 10.1. The van der Waals surface area contributed by atoms with Crippen molar-refractivity contribution in [1.82, 2.24) is 10.0 Å². The summed E-state index contributed by atoms with van der Waals surface area (Å²) in [5, 5.41) is 2.80. The minimum absolute atomic E-state index is 0.119. The SMILES string of the molecule is CCC(C)NS(=O)(=O)c1ccc(OCC(=O)NCCc2ccccc2)cc1. The first-order chi connectivity index (χ1) is 12.9. The van der Waals surface area contributed by atoms with E-state index in [0.717, 1.165) is 12.0 Å². The lowest BCUT2D eigenvalue weighted by molar-refractivity contribution is -0.123. The fraction of sp³-hybridized carbons (Fsp3) is 0.350. The van der Waals surface area contributed by atoms with Crippen LogP contribution in [0.25, 0.3) is 0 Å². The van der Waals surface area contributed by atoms with E-state index in [9.17, 15) is 13.2 Å². The maximum absolute atomic E-state index is 12.2. The first-order valence-corrected chi connectivity index (χ1v) is 10.4. The molecule has 0 saturated carbocycles. The van der Waals surface area contributed by atoms with Gasteiger partial charge < -0.3 is 10.1 Å². The van der Waals surface area contributed by atoms with E-state index in [4.69, 9.17) is 4.74 Å². The minimum atomic E-state index is -3.54. The summed E-state index contributed by atoms with van der Waals surface area (Å²) in [5.74, 6) is 0.219. The molecule has 0 aromatic heterocycles. The fourth-order valence-electron chi connectivity index (χ4n) is 2.32. The van der Waals surface area contributed by atoms with Crippen LogP contribution in [0.4, 0.5) is 0 Å². The van der Waals surface area contributed by atoms with E-state index in [0.29, 0.717) is 18.7 Å². The average Bonchev–Trinajstić information content (AvgIpc) is 2.67. The second-order valence-corrected chi connectivity index (χ2v) is 7.99. The molecule has 0 spiro atoms. The summed E-state index contributed by atoms with van der Waals surface area (Å²) in [6.45, 7) is 4.14. The molecule has 2 aromatic carbocycles. The molecule has 0 aliphatic heterocycles. The molecule has 2 aromatic rings. The van der Waals surface area contributed by atoms with Gasteiger partial charge in [-0.2, -0.15) is 0 Å². The molecule has 146 valence electrons. The Bertz CT molecular complexity index is 821. The highest BCUT2D eigenvalue weighted by Crippen LogP contribution is 2.16. The Morgan fingerprint density at radius 3 is 2.37 bits per heavy atom. The van der Waals surface area contributed by atoms with Gasteiger partial charge in [0.1, 0.15) is 5.75 Å². The molecule has 0 aliphatic carbocycles. The van der Waals surface area contributed by atoms with Gasteiger partial charge in [0.25, 0.3) is 5.91 Å². The molecule has 0 bridgehead atoms. The minimum Gasteiger partial charge on any atom is -0.484 e. The molecular formula is C20H26N2O4S. The molecule has 0 radical (unpaired) electrons. The van der Waals surface area contributed by atoms with Crippen molar-refractivity contribution in [3.05, 3.63) is 60.2 Å². The monoisotopic (exact) mass is 390 g/mol. The Morgan fingerprint density at radius 1 is 1.07 bits per heavy atom. The van der Waals surface area contributed by atoms with Crippen molar-refractivity contribution in [2.45, 2.75) is 37.6 Å². The van der Waals surface area contributed by atoms with Crippen molar-refractivity contribution < 1.29 is 17.9 Å². The second kappa shape index (κ2) is 10.1. The molecule has 2 N–H and O–H groups in total. The van der Waals surface area contributed by atoms with Crippen LogP contribution in [0.15, 0.2) is 59.5 Å². The van der Waals surface area contributed by atoms with Gasteiger partial charge in [-0.05, 0) is 49.6 Å². The second-order valence-electron chi connectivity index (χ2n) is 6.28. The summed E-state index contributed by atoms with van der Waals surface area (Å²) < 4.78 is 32.4. The number of sulfonamides is 1. The maximum Gasteiger partial charge on any atom is 0.257 e. The van der Waals surface area contributed by atoms with Crippen LogP contribution in [0, 0.1) is 0 Å². The van der Waals surface area contributed by atoms with E-state index in [2.05, 4.69) is 10.0 Å². The molecule has 0 aliphatic rings. The van der Waals surface area contributed by atoms with E-state index in [1.807, 2.05) is 44.2 Å². The Hall–Kier alpha value is -2.38. The lowest BCUT2D eigenvalue weighted by Crippen LogP contribution is -2.32. The standard InChI is InChI=1S/C20H26N2O4S/c1-3-16(2)22-27(24,25)19-11-9-18(10-12-19)26-15-20(23)21-14-13-17-7-5-4-6-8-17/h4-12,16,22H,3,13-15H2,1-2H3,(H,21,23). The third kappa shape index (κ3) is 7.03. The van der Waals surface area contributed by atoms with Crippen LogP contribution >= 0.6 is 0 Å². The average molecular weight is 391 g/mol. The third-order valence-corrected chi connectivity index (χ3v) is 5.66. The van der Waals surface area contributed by atoms with Crippen LogP contribution < -0.4 is 14.8 Å². The summed E-state index contributed by atoms with van der Waals surface area (Å²) >= 11 is 0. The van der Waals surface area contributed by atoms with Crippen LogP contribution in [0.1, 0.15) is 25.8 Å². The van der Waals surface area contributed by atoms with Crippen molar-refractivity contribution in [2.24, 2.45) is 0 Å². The summed E-state index contributed by atoms with van der Waals surface area (Å²) in [6.07, 6.45) is 1.46. The van der Waals surface area contributed by atoms with E-state index >= 15 is 0 Å². The Morgan fingerprint density at radius 2 is 1.74 bits per heavy atom. The van der Waals surface area contributed by atoms with Gasteiger partial charge in [0.05, 0.1) is 4.90 Å². The van der Waals surface area contributed by atoms with Gasteiger partial charge >= 0.3 is 0 Å². The Labute approximate surface area is 161 Å². The molecule has 6 nitrogen and oxygen atoms in total. The predicted molar refractivity (Wildman–Crippen MR) is 105 cm³/mol. The molecule has 7 heteroatoms. The fourth-order valence-corrected chi connectivity index (χ4v) is 3.65. The maximum atomic E-state index is 12.2. The van der Waals surface area contributed by atoms with Crippen molar-refractivity contribution >= 4 is 15.9 Å². The zero-order valence-electron chi connectivity index (χ0n) is 15.6. The highest BCUT2D eigenvalue weighted by atomic mass is 32.2. The van der Waals surface area contributed by atoms with Crippen molar-refractivity contribution in [1.29, 1.82) is 0 Å². The van der Waals surface area contributed by atoms with E-state index < -0.39 is 10.0 Å². The number of nitrogens with one attached hydrogen (secondary N) is 2.